The van der Waals surface area contributed by atoms with Crippen LogP contribution >= 0.6 is 0 Å². The summed E-state index contributed by atoms with van der Waals surface area (Å²) in [6, 6.07) is 0.549. The van der Waals surface area contributed by atoms with Crippen molar-refractivity contribution in [3.63, 3.8) is 0 Å². The van der Waals surface area contributed by atoms with Crippen LogP contribution in [0.15, 0.2) is 0 Å². The van der Waals surface area contributed by atoms with Gasteiger partial charge in [-0.05, 0) is 25.7 Å². The molecule has 2 aliphatic rings. The molecule has 0 aromatic carbocycles. The van der Waals surface area contributed by atoms with Crippen molar-refractivity contribution in [1.29, 1.82) is 0 Å². The summed E-state index contributed by atoms with van der Waals surface area (Å²) in [6.45, 7) is 0. The average Bonchev–Trinajstić information content (AvgIpc) is 2.39. The predicted octanol–water partition coefficient (Wildman–Crippen LogP) is 0.467. The van der Waals surface area contributed by atoms with Gasteiger partial charge < -0.3 is 0 Å². The van der Waals surface area contributed by atoms with E-state index in [2.05, 4.69) is 4.72 Å². The summed E-state index contributed by atoms with van der Waals surface area (Å²) < 4.78 is 27.4. The third-order valence-electron chi connectivity index (χ3n) is 3.16. The molecule has 13 heavy (non-hydrogen) atoms. The van der Waals surface area contributed by atoms with Gasteiger partial charge in [0, 0.05) is 19.1 Å². The normalized spacial score (nSPS) is 35.2. The van der Waals surface area contributed by atoms with Crippen molar-refractivity contribution in [2.75, 3.05) is 7.05 Å². The van der Waals surface area contributed by atoms with Crippen molar-refractivity contribution < 1.29 is 8.42 Å². The van der Waals surface area contributed by atoms with E-state index in [1.54, 1.807) is 4.31 Å². The number of rotatable bonds is 2. The number of hydrogen-bond donors (Lipinski definition) is 1. The van der Waals surface area contributed by atoms with E-state index in [0.29, 0.717) is 0 Å². The molecule has 0 aromatic heterocycles. The molecule has 2 aliphatic heterocycles. The van der Waals surface area contributed by atoms with Crippen LogP contribution < -0.4 is 4.72 Å². The molecular formula is C8H16N2O2S. The molecule has 0 spiro atoms. The molecule has 2 rings (SSSR count). The first-order valence-corrected chi connectivity index (χ1v) is 6.31. The van der Waals surface area contributed by atoms with Crippen LogP contribution in [0.3, 0.4) is 0 Å². The van der Waals surface area contributed by atoms with Gasteiger partial charge in [-0.15, -0.1) is 0 Å². The van der Waals surface area contributed by atoms with Crippen LogP contribution in [0.1, 0.15) is 32.1 Å². The standard InChI is InChI=1S/C8H16N2O2S/c1-9-13(11,12)10-7-3-2-4-8(10)6-5-7/h7-9H,2-6H2,1H3. The number of piperidine rings is 1. The van der Waals surface area contributed by atoms with E-state index < -0.39 is 10.2 Å². The van der Waals surface area contributed by atoms with Gasteiger partial charge in [0.05, 0.1) is 0 Å². The van der Waals surface area contributed by atoms with E-state index in [1.165, 1.54) is 13.5 Å². The maximum atomic E-state index is 11.6. The summed E-state index contributed by atoms with van der Waals surface area (Å²) >= 11 is 0. The van der Waals surface area contributed by atoms with E-state index in [4.69, 9.17) is 0 Å². The monoisotopic (exact) mass is 204 g/mol. The van der Waals surface area contributed by atoms with Gasteiger partial charge in [0.1, 0.15) is 0 Å². The van der Waals surface area contributed by atoms with Gasteiger partial charge in [-0.3, -0.25) is 0 Å². The highest BCUT2D eigenvalue weighted by molar-refractivity contribution is 7.87. The van der Waals surface area contributed by atoms with Crippen molar-refractivity contribution in [2.24, 2.45) is 0 Å². The molecule has 76 valence electrons. The Morgan fingerprint density at radius 2 is 1.69 bits per heavy atom. The minimum atomic E-state index is -3.17. The second-order valence-corrected chi connectivity index (χ2v) is 5.63. The van der Waals surface area contributed by atoms with Crippen LogP contribution in [-0.2, 0) is 10.2 Å². The zero-order valence-corrected chi connectivity index (χ0v) is 8.68. The van der Waals surface area contributed by atoms with E-state index in [-0.39, 0.29) is 12.1 Å². The fourth-order valence-electron chi connectivity index (χ4n) is 2.57. The molecule has 0 radical (unpaired) electrons. The van der Waals surface area contributed by atoms with Crippen molar-refractivity contribution in [1.82, 2.24) is 9.03 Å². The Kier molecular flexibility index (Phi) is 2.33. The Labute approximate surface area is 79.5 Å². The SMILES string of the molecule is CNS(=O)(=O)N1C2CCCC1CC2. The van der Waals surface area contributed by atoms with Crippen molar-refractivity contribution in [2.45, 2.75) is 44.2 Å². The van der Waals surface area contributed by atoms with Gasteiger partial charge >= 0.3 is 0 Å². The van der Waals surface area contributed by atoms with Crippen LogP contribution in [-0.4, -0.2) is 31.9 Å². The fraction of sp³-hybridized carbons (Fsp3) is 1.00. The summed E-state index contributed by atoms with van der Waals surface area (Å²) in [6.07, 6.45) is 5.36. The van der Waals surface area contributed by atoms with Crippen LogP contribution in [0, 0.1) is 0 Å². The van der Waals surface area contributed by atoms with Crippen molar-refractivity contribution >= 4 is 10.2 Å². The van der Waals surface area contributed by atoms with E-state index in [0.717, 1.165) is 25.7 Å². The highest BCUT2D eigenvalue weighted by Crippen LogP contribution is 2.36. The lowest BCUT2D eigenvalue weighted by Crippen LogP contribution is -2.48. The topological polar surface area (TPSA) is 49.4 Å². The minimum absolute atomic E-state index is 0.274. The Hall–Kier alpha value is -0.130. The quantitative estimate of drug-likeness (QED) is 0.710. The molecule has 2 saturated heterocycles. The molecule has 5 heteroatoms. The second kappa shape index (κ2) is 3.22. The molecule has 0 saturated carbocycles. The molecule has 2 unspecified atom stereocenters. The smallest absolute Gasteiger partial charge is 0.205 e. The highest BCUT2D eigenvalue weighted by Gasteiger charge is 2.42. The molecule has 0 amide bonds. The van der Waals surface area contributed by atoms with Crippen LogP contribution in [0.2, 0.25) is 0 Å². The summed E-state index contributed by atoms with van der Waals surface area (Å²) in [7, 11) is -1.68. The van der Waals surface area contributed by atoms with Gasteiger partial charge in [-0.2, -0.15) is 12.7 Å². The van der Waals surface area contributed by atoms with Crippen LogP contribution in [0.4, 0.5) is 0 Å². The Bertz CT molecular complexity index is 273. The Morgan fingerprint density at radius 1 is 1.15 bits per heavy atom. The Balaban J connectivity index is 2.25. The summed E-state index contributed by atoms with van der Waals surface area (Å²) in [5.41, 5.74) is 0. The van der Waals surface area contributed by atoms with Crippen LogP contribution in [0.25, 0.3) is 0 Å². The largest absolute Gasteiger partial charge is 0.279 e. The first kappa shape index (κ1) is 9.43. The lowest BCUT2D eigenvalue weighted by Gasteiger charge is -2.32. The predicted molar refractivity (Wildman–Crippen MR) is 50.5 cm³/mol. The number of fused-ring (bicyclic) bond motifs is 2. The zero-order chi connectivity index (χ0) is 9.47. The van der Waals surface area contributed by atoms with Crippen molar-refractivity contribution in [3.05, 3.63) is 0 Å². The van der Waals surface area contributed by atoms with Gasteiger partial charge in [0.15, 0.2) is 0 Å². The molecular weight excluding hydrogens is 188 g/mol. The van der Waals surface area contributed by atoms with Gasteiger partial charge in [0.2, 0.25) is 0 Å². The zero-order valence-electron chi connectivity index (χ0n) is 7.86. The summed E-state index contributed by atoms with van der Waals surface area (Å²) in [5.74, 6) is 0. The molecule has 0 aliphatic carbocycles. The fourth-order valence-corrected chi connectivity index (χ4v) is 3.99. The third-order valence-corrected chi connectivity index (χ3v) is 4.83. The van der Waals surface area contributed by atoms with E-state index in [1.807, 2.05) is 0 Å². The minimum Gasteiger partial charge on any atom is -0.205 e. The highest BCUT2D eigenvalue weighted by atomic mass is 32.2. The Morgan fingerprint density at radius 3 is 2.15 bits per heavy atom. The van der Waals surface area contributed by atoms with Gasteiger partial charge in [-0.25, -0.2) is 4.72 Å². The number of hydrogen-bond acceptors (Lipinski definition) is 2. The lowest BCUT2D eigenvalue weighted by atomic mass is 10.1. The first-order valence-electron chi connectivity index (χ1n) is 4.87. The van der Waals surface area contributed by atoms with Gasteiger partial charge in [0.25, 0.3) is 10.2 Å². The molecule has 2 atom stereocenters. The van der Waals surface area contributed by atoms with E-state index in [9.17, 15) is 8.42 Å². The molecule has 2 fully saturated rings. The number of nitrogens with zero attached hydrogens (tertiary/aromatic N) is 1. The molecule has 4 nitrogen and oxygen atoms in total. The number of nitrogens with one attached hydrogen (secondary N) is 1. The average molecular weight is 204 g/mol. The third kappa shape index (κ3) is 1.49. The van der Waals surface area contributed by atoms with Crippen molar-refractivity contribution in [3.8, 4) is 0 Å². The summed E-state index contributed by atoms with van der Waals surface area (Å²) in [4.78, 5) is 0. The molecule has 2 heterocycles. The molecule has 0 aromatic rings. The molecule has 2 bridgehead atoms. The van der Waals surface area contributed by atoms with Gasteiger partial charge in [-0.1, -0.05) is 6.42 Å². The molecule has 1 N–H and O–H groups in total. The van der Waals surface area contributed by atoms with Crippen LogP contribution in [0.5, 0.6) is 0 Å². The second-order valence-electron chi connectivity index (χ2n) is 3.85. The first-order chi connectivity index (χ1) is 6.15. The maximum absolute atomic E-state index is 11.6. The maximum Gasteiger partial charge on any atom is 0.279 e. The lowest BCUT2D eigenvalue weighted by molar-refractivity contribution is 0.245. The summed E-state index contributed by atoms with van der Waals surface area (Å²) in [5, 5.41) is 0. The van der Waals surface area contributed by atoms with E-state index >= 15 is 0 Å².